The fourth-order valence-electron chi connectivity index (χ4n) is 4.60. The van der Waals surface area contributed by atoms with Crippen molar-refractivity contribution in [3.63, 3.8) is 0 Å². The largest absolute Gasteiger partial charge is 0.480 e. The quantitative estimate of drug-likeness (QED) is 0.739. The molecular formula is C24H35N3O5. The molecule has 176 valence electrons. The van der Waals surface area contributed by atoms with E-state index >= 15 is 0 Å². The van der Waals surface area contributed by atoms with Crippen molar-refractivity contribution in [2.45, 2.75) is 64.5 Å². The third-order valence-corrected chi connectivity index (χ3v) is 6.32. The second kappa shape index (κ2) is 12.0. The van der Waals surface area contributed by atoms with Gasteiger partial charge in [-0.15, -0.1) is 0 Å². The van der Waals surface area contributed by atoms with Crippen LogP contribution in [-0.2, 0) is 20.9 Å². The third-order valence-electron chi connectivity index (χ3n) is 6.32. The Morgan fingerprint density at radius 1 is 1.06 bits per heavy atom. The number of aliphatic carboxylic acids is 1. The van der Waals surface area contributed by atoms with Crippen molar-refractivity contribution in [3.05, 3.63) is 29.3 Å². The van der Waals surface area contributed by atoms with Gasteiger partial charge in [0.05, 0.1) is 0 Å². The minimum absolute atomic E-state index is 0.0102. The monoisotopic (exact) mass is 445 g/mol. The van der Waals surface area contributed by atoms with Gasteiger partial charge in [0, 0.05) is 50.5 Å². The smallest absolute Gasteiger partial charge is 0.322 e. The van der Waals surface area contributed by atoms with Crippen LogP contribution in [0.4, 0.5) is 5.69 Å². The minimum Gasteiger partial charge on any atom is -0.480 e. The topological polar surface area (TPSA) is 99.2 Å². The molecule has 0 radical (unpaired) electrons. The van der Waals surface area contributed by atoms with E-state index in [2.05, 4.69) is 10.2 Å². The zero-order chi connectivity index (χ0) is 22.9. The van der Waals surface area contributed by atoms with E-state index in [0.29, 0.717) is 24.7 Å². The fraction of sp³-hybridized carbons (Fsp3) is 0.625. The van der Waals surface area contributed by atoms with Gasteiger partial charge in [-0.2, -0.15) is 0 Å². The predicted molar refractivity (Wildman–Crippen MR) is 122 cm³/mol. The first-order valence-electron chi connectivity index (χ1n) is 11.7. The number of anilines is 1. The standard InChI is InChI=1S/C24H35N3O5/c1-18(28)27-12-6-4-2-3-5-11-26(21-9-13-32-14-10-21)17-20-15-19(7-8-22(20)27)24(31)25-16-23(29)30/h7-8,15,21H,2-6,9-14,16-17H2,1H3,(H,25,31)(H,29,30). The number of benzene rings is 1. The number of carbonyl (C=O) groups excluding carboxylic acids is 2. The molecule has 0 spiro atoms. The van der Waals surface area contributed by atoms with Crippen molar-refractivity contribution in [3.8, 4) is 0 Å². The molecule has 2 heterocycles. The highest BCUT2D eigenvalue weighted by molar-refractivity contribution is 5.98. The number of carboxylic acid groups (broad SMARTS) is 1. The Morgan fingerprint density at radius 3 is 2.44 bits per heavy atom. The first kappa shape index (κ1) is 24.2. The summed E-state index contributed by atoms with van der Waals surface area (Å²) in [6, 6.07) is 5.74. The van der Waals surface area contributed by atoms with E-state index < -0.39 is 18.4 Å². The Labute approximate surface area is 189 Å². The van der Waals surface area contributed by atoms with E-state index in [1.54, 1.807) is 13.0 Å². The molecule has 2 amide bonds. The Kier molecular flexibility index (Phi) is 9.05. The van der Waals surface area contributed by atoms with Gasteiger partial charge in [0.1, 0.15) is 6.54 Å². The van der Waals surface area contributed by atoms with Gasteiger partial charge < -0.3 is 20.1 Å². The maximum atomic E-state index is 12.5. The van der Waals surface area contributed by atoms with Gasteiger partial charge in [0.2, 0.25) is 5.91 Å². The van der Waals surface area contributed by atoms with Crippen molar-refractivity contribution in [2.75, 3.05) is 37.7 Å². The Morgan fingerprint density at radius 2 is 1.75 bits per heavy atom. The van der Waals surface area contributed by atoms with Crippen molar-refractivity contribution in [1.29, 1.82) is 0 Å². The lowest BCUT2D eigenvalue weighted by atomic mass is 10.0. The number of nitrogens with one attached hydrogen (secondary N) is 1. The van der Waals surface area contributed by atoms with Crippen LogP contribution in [0.5, 0.6) is 0 Å². The molecule has 1 aromatic carbocycles. The normalized spacial score (nSPS) is 19.3. The van der Waals surface area contributed by atoms with Crippen molar-refractivity contribution < 1.29 is 24.2 Å². The molecular weight excluding hydrogens is 410 g/mol. The lowest BCUT2D eigenvalue weighted by Gasteiger charge is -2.36. The number of carboxylic acids is 1. The van der Waals surface area contributed by atoms with Crippen LogP contribution in [0, 0.1) is 0 Å². The van der Waals surface area contributed by atoms with Crippen LogP contribution >= 0.6 is 0 Å². The summed E-state index contributed by atoms with van der Waals surface area (Å²) in [7, 11) is 0. The lowest BCUT2D eigenvalue weighted by molar-refractivity contribution is -0.135. The molecule has 0 aliphatic carbocycles. The summed E-state index contributed by atoms with van der Waals surface area (Å²) in [5.41, 5.74) is 2.17. The number of nitrogens with zero attached hydrogens (tertiary/aromatic N) is 2. The van der Waals surface area contributed by atoms with Crippen molar-refractivity contribution in [2.24, 2.45) is 0 Å². The number of fused-ring (bicyclic) bond motifs is 1. The zero-order valence-corrected chi connectivity index (χ0v) is 19.0. The molecule has 0 atom stereocenters. The molecule has 2 aliphatic rings. The molecule has 8 heteroatoms. The Bertz CT molecular complexity index is 807. The van der Waals surface area contributed by atoms with Crippen LogP contribution < -0.4 is 10.2 Å². The molecule has 1 saturated heterocycles. The SMILES string of the molecule is CC(=O)N1CCCCCCCN(C2CCOCC2)Cc2cc(C(=O)NCC(=O)O)ccc21. The molecule has 0 saturated carbocycles. The van der Waals surface area contributed by atoms with Crippen LogP contribution in [-0.4, -0.2) is 66.7 Å². The maximum Gasteiger partial charge on any atom is 0.322 e. The van der Waals surface area contributed by atoms with Crippen molar-refractivity contribution >= 4 is 23.5 Å². The van der Waals surface area contributed by atoms with Crippen LogP contribution in [0.1, 0.15) is 67.8 Å². The summed E-state index contributed by atoms with van der Waals surface area (Å²) in [6.07, 6.45) is 7.46. The molecule has 1 aromatic rings. The number of rotatable bonds is 4. The third kappa shape index (κ3) is 6.77. The highest BCUT2D eigenvalue weighted by atomic mass is 16.5. The Balaban J connectivity index is 1.94. The fourth-order valence-corrected chi connectivity index (χ4v) is 4.60. The highest BCUT2D eigenvalue weighted by Crippen LogP contribution is 2.28. The summed E-state index contributed by atoms with van der Waals surface area (Å²) in [4.78, 5) is 40.2. The van der Waals surface area contributed by atoms with Crippen LogP contribution in [0.3, 0.4) is 0 Å². The summed E-state index contributed by atoms with van der Waals surface area (Å²) >= 11 is 0. The lowest BCUT2D eigenvalue weighted by Crippen LogP contribution is -2.40. The molecule has 0 bridgehead atoms. The molecule has 2 N–H and O–H groups in total. The number of carbonyl (C=O) groups is 3. The summed E-state index contributed by atoms with van der Waals surface area (Å²) in [6.45, 7) is 4.94. The highest BCUT2D eigenvalue weighted by Gasteiger charge is 2.25. The second-order valence-electron chi connectivity index (χ2n) is 8.67. The first-order valence-corrected chi connectivity index (χ1v) is 11.7. The maximum absolute atomic E-state index is 12.5. The average molecular weight is 446 g/mol. The molecule has 3 rings (SSSR count). The van der Waals surface area contributed by atoms with Crippen LogP contribution in [0.15, 0.2) is 18.2 Å². The molecule has 2 aliphatic heterocycles. The van der Waals surface area contributed by atoms with Gasteiger partial charge in [-0.25, -0.2) is 0 Å². The number of ether oxygens (including phenoxy) is 1. The molecule has 0 unspecified atom stereocenters. The molecule has 32 heavy (non-hydrogen) atoms. The van der Waals surface area contributed by atoms with E-state index in [1.807, 2.05) is 17.0 Å². The van der Waals surface area contributed by atoms with Crippen LogP contribution in [0.2, 0.25) is 0 Å². The van der Waals surface area contributed by atoms with E-state index in [0.717, 1.165) is 63.1 Å². The van der Waals surface area contributed by atoms with Gasteiger partial charge in [0.15, 0.2) is 0 Å². The number of hydrogen-bond donors (Lipinski definition) is 2. The molecule has 8 nitrogen and oxygen atoms in total. The Hall–Kier alpha value is -2.45. The van der Waals surface area contributed by atoms with Gasteiger partial charge in [0.25, 0.3) is 5.91 Å². The number of amides is 2. The number of hydrogen-bond acceptors (Lipinski definition) is 5. The summed E-state index contributed by atoms with van der Waals surface area (Å²) in [5, 5.41) is 11.3. The van der Waals surface area contributed by atoms with Gasteiger partial charge >= 0.3 is 5.97 Å². The van der Waals surface area contributed by atoms with E-state index in [9.17, 15) is 14.4 Å². The van der Waals surface area contributed by atoms with Crippen LogP contribution in [0.25, 0.3) is 0 Å². The second-order valence-corrected chi connectivity index (χ2v) is 8.67. The van der Waals surface area contributed by atoms with Gasteiger partial charge in [-0.1, -0.05) is 19.3 Å². The average Bonchev–Trinajstić information content (AvgIpc) is 2.78. The van der Waals surface area contributed by atoms with Gasteiger partial charge in [-0.3, -0.25) is 19.3 Å². The first-order chi connectivity index (χ1) is 15.5. The van der Waals surface area contributed by atoms with E-state index in [4.69, 9.17) is 9.84 Å². The zero-order valence-electron chi connectivity index (χ0n) is 19.0. The summed E-state index contributed by atoms with van der Waals surface area (Å²) in [5.74, 6) is -1.52. The molecule has 1 fully saturated rings. The van der Waals surface area contributed by atoms with Crippen molar-refractivity contribution in [1.82, 2.24) is 10.2 Å². The molecule has 0 aromatic heterocycles. The van der Waals surface area contributed by atoms with Gasteiger partial charge in [-0.05, 0) is 56.0 Å². The van der Waals surface area contributed by atoms with E-state index in [-0.39, 0.29) is 5.91 Å². The predicted octanol–water partition coefficient (Wildman–Crippen LogP) is 2.80. The summed E-state index contributed by atoms with van der Waals surface area (Å²) < 4.78 is 5.56. The minimum atomic E-state index is -1.09. The van der Waals surface area contributed by atoms with E-state index in [1.165, 1.54) is 12.8 Å².